The first-order valence-electron chi connectivity index (χ1n) is 12.4. The molecule has 3 amide bonds. The number of alkyl halides is 1. The van der Waals surface area contributed by atoms with Crippen LogP contribution in [0.1, 0.15) is 72.9 Å². The van der Waals surface area contributed by atoms with Gasteiger partial charge in [-0.05, 0) is 56.6 Å². The molecule has 5 rings (SSSR count). The van der Waals surface area contributed by atoms with E-state index in [2.05, 4.69) is 10.6 Å². The summed E-state index contributed by atoms with van der Waals surface area (Å²) in [6, 6.07) is 2.84. The zero-order chi connectivity index (χ0) is 23.8. The molecule has 3 atom stereocenters. The van der Waals surface area contributed by atoms with Gasteiger partial charge in [-0.1, -0.05) is 6.07 Å². The molecule has 2 N–H and O–H groups in total. The van der Waals surface area contributed by atoms with Gasteiger partial charge in [-0.15, -0.1) is 0 Å². The number of halogens is 2. The van der Waals surface area contributed by atoms with Crippen LogP contribution in [0.15, 0.2) is 12.1 Å². The summed E-state index contributed by atoms with van der Waals surface area (Å²) >= 11 is 0. The Morgan fingerprint density at radius 2 is 1.88 bits per heavy atom. The van der Waals surface area contributed by atoms with E-state index in [-0.39, 0.29) is 55.0 Å². The fourth-order valence-corrected chi connectivity index (χ4v) is 5.78. The lowest BCUT2D eigenvalue weighted by Crippen LogP contribution is -2.52. The lowest BCUT2D eigenvalue weighted by Gasteiger charge is -2.37. The highest BCUT2D eigenvalue weighted by Crippen LogP contribution is 2.32. The Hall–Kier alpha value is -2.39. The van der Waals surface area contributed by atoms with Gasteiger partial charge in [-0.25, -0.2) is 8.78 Å². The Morgan fingerprint density at radius 3 is 2.65 bits per heavy atom. The molecule has 1 aromatic rings. The number of hydrogen-bond acceptors (Lipinski definition) is 5. The highest BCUT2D eigenvalue weighted by Gasteiger charge is 2.41. The minimum atomic E-state index is -0.768. The lowest BCUT2D eigenvalue weighted by atomic mass is 9.90. The maximum Gasteiger partial charge on any atom is 0.255 e. The number of imide groups is 1. The molecule has 0 bridgehead atoms. The maximum absolute atomic E-state index is 15.6. The van der Waals surface area contributed by atoms with Crippen molar-refractivity contribution in [2.45, 2.75) is 94.7 Å². The first-order chi connectivity index (χ1) is 16.4. The summed E-state index contributed by atoms with van der Waals surface area (Å²) in [4.78, 5) is 38.0. The molecule has 0 aromatic heterocycles. The van der Waals surface area contributed by atoms with Crippen LogP contribution in [0.3, 0.4) is 0 Å². The number of benzene rings is 1. The van der Waals surface area contributed by atoms with Gasteiger partial charge >= 0.3 is 0 Å². The van der Waals surface area contributed by atoms with Crippen LogP contribution < -0.4 is 10.6 Å². The van der Waals surface area contributed by atoms with Gasteiger partial charge in [0.2, 0.25) is 11.8 Å². The Morgan fingerprint density at radius 1 is 1.09 bits per heavy atom. The van der Waals surface area contributed by atoms with Crippen LogP contribution >= 0.6 is 0 Å². The normalized spacial score (nSPS) is 32.0. The fraction of sp³-hybridized carbons (Fsp3) is 0.640. The molecule has 3 heterocycles. The van der Waals surface area contributed by atoms with Crippen molar-refractivity contribution in [2.75, 3.05) is 6.61 Å². The first-order valence-corrected chi connectivity index (χ1v) is 12.4. The molecule has 9 heteroatoms. The predicted molar refractivity (Wildman–Crippen MR) is 119 cm³/mol. The Bertz CT molecular complexity index is 979. The van der Waals surface area contributed by atoms with Crippen molar-refractivity contribution in [3.05, 3.63) is 34.6 Å². The number of amides is 3. The molecule has 7 nitrogen and oxygen atoms in total. The number of fused-ring (bicyclic) bond motifs is 1. The van der Waals surface area contributed by atoms with Crippen LogP contribution in [0.5, 0.6) is 0 Å². The standard InChI is InChI=1S/C25H31F2N3O4/c26-15-4-6-16(7-5-15)28-19-2-1-11-34-21(19)12-14-3-8-17-18(23(14)27)13-30(25(17)33)20-9-10-22(31)29-24(20)32/h3,8,15-16,19-21,28H,1-2,4-7,9-13H2,(H,29,31,32)/t15-,16+,19-,20?,21+/m0/s1. The molecule has 3 aliphatic heterocycles. The molecule has 2 saturated heterocycles. The third-order valence-electron chi connectivity index (χ3n) is 7.70. The summed E-state index contributed by atoms with van der Waals surface area (Å²) in [6.07, 6.45) is 4.47. The van der Waals surface area contributed by atoms with Crippen molar-refractivity contribution in [3.8, 4) is 0 Å². The van der Waals surface area contributed by atoms with Crippen LogP contribution in [-0.2, 0) is 27.3 Å². The third kappa shape index (κ3) is 4.60. The van der Waals surface area contributed by atoms with E-state index in [0.717, 1.165) is 25.7 Å². The van der Waals surface area contributed by atoms with Gasteiger partial charge in [-0.2, -0.15) is 0 Å². The number of carbonyl (C=O) groups is 3. The van der Waals surface area contributed by atoms with Crippen LogP contribution in [0.2, 0.25) is 0 Å². The van der Waals surface area contributed by atoms with Crippen molar-refractivity contribution in [1.82, 2.24) is 15.5 Å². The van der Waals surface area contributed by atoms with Crippen molar-refractivity contribution in [2.24, 2.45) is 0 Å². The van der Waals surface area contributed by atoms with Crippen molar-refractivity contribution in [3.63, 3.8) is 0 Å². The number of nitrogens with one attached hydrogen (secondary N) is 2. The summed E-state index contributed by atoms with van der Waals surface area (Å²) in [5, 5.41) is 5.90. The number of carbonyl (C=O) groups excluding carboxylic acids is 3. The summed E-state index contributed by atoms with van der Waals surface area (Å²) < 4.78 is 35.1. The van der Waals surface area contributed by atoms with Gasteiger partial charge in [-0.3, -0.25) is 19.7 Å². The molecular formula is C25H31F2N3O4. The van der Waals surface area contributed by atoms with Gasteiger partial charge in [0.05, 0.1) is 12.6 Å². The van der Waals surface area contributed by atoms with Crippen LogP contribution in [0, 0.1) is 5.82 Å². The topological polar surface area (TPSA) is 87.7 Å². The maximum atomic E-state index is 15.6. The van der Waals surface area contributed by atoms with E-state index in [9.17, 15) is 18.8 Å². The Balaban J connectivity index is 1.29. The summed E-state index contributed by atoms with van der Waals surface area (Å²) in [6.45, 7) is 0.633. The van der Waals surface area contributed by atoms with Crippen molar-refractivity contribution in [1.29, 1.82) is 0 Å². The van der Waals surface area contributed by atoms with Crippen molar-refractivity contribution < 1.29 is 27.9 Å². The van der Waals surface area contributed by atoms with Crippen LogP contribution in [0.25, 0.3) is 0 Å². The van der Waals surface area contributed by atoms with Crippen LogP contribution in [-0.4, -0.2) is 59.6 Å². The van der Waals surface area contributed by atoms with Gasteiger partial charge in [0.1, 0.15) is 18.0 Å². The molecule has 3 fully saturated rings. The largest absolute Gasteiger partial charge is 0.376 e. The molecule has 4 aliphatic rings. The molecule has 1 unspecified atom stereocenters. The summed E-state index contributed by atoms with van der Waals surface area (Å²) in [5.74, 6) is -1.67. The molecule has 0 radical (unpaired) electrons. The Kier molecular flexibility index (Phi) is 6.66. The van der Waals surface area contributed by atoms with E-state index in [0.29, 0.717) is 37.0 Å². The van der Waals surface area contributed by atoms with E-state index in [4.69, 9.17) is 4.74 Å². The average molecular weight is 476 g/mol. The summed E-state index contributed by atoms with van der Waals surface area (Å²) in [7, 11) is 0. The fourth-order valence-electron chi connectivity index (χ4n) is 5.78. The smallest absolute Gasteiger partial charge is 0.255 e. The second-order valence-electron chi connectivity index (χ2n) is 9.94. The van der Waals surface area contributed by atoms with E-state index < -0.39 is 23.9 Å². The zero-order valence-electron chi connectivity index (χ0n) is 19.2. The van der Waals surface area contributed by atoms with Gasteiger partial charge in [0, 0.05) is 42.7 Å². The highest BCUT2D eigenvalue weighted by atomic mass is 19.1. The Labute approximate surface area is 197 Å². The predicted octanol–water partition coefficient (Wildman–Crippen LogP) is 2.55. The first kappa shape index (κ1) is 23.4. The minimum absolute atomic E-state index is 0.0137. The molecule has 1 aromatic carbocycles. The van der Waals surface area contributed by atoms with E-state index >= 15 is 4.39 Å². The third-order valence-corrected chi connectivity index (χ3v) is 7.70. The molecule has 1 aliphatic carbocycles. The monoisotopic (exact) mass is 475 g/mol. The second kappa shape index (κ2) is 9.70. The molecule has 184 valence electrons. The molecular weight excluding hydrogens is 444 g/mol. The summed E-state index contributed by atoms with van der Waals surface area (Å²) in [5.41, 5.74) is 1.06. The number of piperidine rings is 1. The van der Waals surface area contributed by atoms with Gasteiger partial charge < -0.3 is 15.0 Å². The molecule has 34 heavy (non-hydrogen) atoms. The average Bonchev–Trinajstić information content (AvgIpc) is 3.15. The minimum Gasteiger partial charge on any atom is -0.376 e. The number of nitrogens with zero attached hydrogens (tertiary/aromatic N) is 1. The lowest BCUT2D eigenvalue weighted by molar-refractivity contribution is -0.136. The van der Waals surface area contributed by atoms with E-state index in [1.807, 2.05) is 0 Å². The van der Waals surface area contributed by atoms with Gasteiger partial charge in [0.25, 0.3) is 5.91 Å². The molecule has 1 saturated carbocycles. The number of rotatable bonds is 5. The van der Waals surface area contributed by atoms with Gasteiger partial charge in [0.15, 0.2) is 0 Å². The number of ether oxygens (including phenoxy) is 1. The molecule has 0 spiro atoms. The zero-order valence-corrected chi connectivity index (χ0v) is 19.2. The van der Waals surface area contributed by atoms with Crippen molar-refractivity contribution >= 4 is 17.7 Å². The van der Waals surface area contributed by atoms with E-state index in [1.54, 1.807) is 12.1 Å². The quantitative estimate of drug-likeness (QED) is 0.640. The second-order valence-corrected chi connectivity index (χ2v) is 9.94. The SMILES string of the molecule is O=C1CCC(N2Cc3c(ccc(C[C@H]4OCCC[C@@H]4N[C@H]4CC[C@@H](F)CC4)c3F)C2=O)C(=O)N1. The number of hydrogen-bond donors (Lipinski definition) is 2. The van der Waals surface area contributed by atoms with Crippen LogP contribution in [0.4, 0.5) is 8.78 Å². The van der Waals surface area contributed by atoms with E-state index in [1.165, 1.54) is 4.90 Å². The highest BCUT2D eigenvalue weighted by molar-refractivity contribution is 6.05.